The van der Waals surface area contributed by atoms with E-state index in [1.165, 1.54) is 17.4 Å². The average Bonchev–Trinajstić information content (AvgIpc) is 3.13. The Bertz CT molecular complexity index is 780. The third-order valence-corrected chi connectivity index (χ3v) is 3.58. The number of benzene rings is 1. The van der Waals surface area contributed by atoms with E-state index in [0.29, 0.717) is 4.88 Å². The molecule has 1 aromatic heterocycles. The zero-order chi connectivity index (χ0) is 17.4. The molecule has 0 saturated carbocycles. The van der Waals surface area contributed by atoms with E-state index in [0.717, 1.165) is 0 Å². The number of nitrogens with one attached hydrogen (secondary N) is 1. The lowest BCUT2D eigenvalue weighted by atomic mass is 10.2. The van der Waals surface area contributed by atoms with Gasteiger partial charge in [0.1, 0.15) is 11.8 Å². The monoisotopic (exact) mass is 344 g/mol. The number of carbonyl (C=O) groups excluding carboxylic acids is 3. The van der Waals surface area contributed by atoms with Crippen molar-refractivity contribution < 1.29 is 23.9 Å². The summed E-state index contributed by atoms with van der Waals surface area (Å²) < 4.78 is 9.88. The molecule has 0 bridgehead atoms. The van der Waals surface area contributed by atoms with Crippen LogP contribution in [0.3, 0.4) is 0 Å². The van der Waals surface area contributed by atoms with Crippen LogP contribution in [0.1, 0.15) is 15.2 Å². The van der Waals surface area contributed by atoms with Crippen LogP contribution < -0.4 is 10.1 Å². The van der Waals surface area contributed by atoms with Gasteiger partial charge in [-0.15, -0.1) is 11.3 Å². The largest absolute Gasteiger partial charge is 0.481 e. The fourth-order valence-electron chi connectivity index (χ4n) is 1.64. The second-order valence-corrected chi connectivity index (χ2v) is 5.36. The molecule has 0 saturated heterocycles. The molecule has 7 nitrogen and oxygen atoms in total. The van der Waals surface area contributed by atoms with Gasteiger partial charge in [-0.2, -0.15) is 5.26 Å². The molecular weight excluding hydrogens is 332 g/mol. The summed E-state index contributed by atoms with van der Waals surface area (Å²) in [6.45, 7) is -1.05. The van der Waals surface area contributed by atoms with Crippen LogP contribution in [0.5, 0.6) is 5.75 Å². The first-order valence-corrected chi connectivity index (χ1v) is 7.63. The molecule has 2 rings (SSSR count). The molecule has 0 aliphatic carbocycles. The molecule has 1 aromatic carbocycles. The average molecular weight is 344 g/mol. The lowest BCUT2D eigenvalue weighted by molar-refractivity contribution is -0.150. The maximum Gasteiger partial charge on any atom is 0.344 e. The Morgan fingerprint density at radius 1 is 1.12 bits per heavy atom. The van der Waals surface area contributed by atoms with Gasteiger partial charge in [0.05, 0.1) is 10.4 Å². The van der Waals surface area contributed by atoms with E-state index in [1.807, 2.05) is 6.07 Å². The van der Waals surface area contributed by atoms with Crippen LogP contribution >= 0.6 is 11.3 Å². The van der Waals surface area contributed by atoms with Crippen molar-refractivity contribution in [2.45, 2.75) is 0 Å². The van der Waals surface area contributed by atoms with Crippen molar-refractivity contribution in [2.75, 3.05) is 13.2 Å². The lowest BCUT2D eigenvalue weighted by Crippen LogP contribution is -2.34. The highest BCUT2D eigenvalue weighted by Crippen LogP contribution is 2.16. The van der Waals surface area contributed by atoms with Crippen LogP contribution in [0, 0.1) is 11.3 Å². The van der Waals surface area contributed by atoms with Crippen molar-refractivity contribution in [3.63, 3.8) is 0 Å². The molecule has 122 valence electrons. The van der Waals surface area contributed by atoms with E-state index in [-0.39, 0.29) is 11.3 Å². The van der Waals surface area contributed by atoms with Gasteiger partial charge in [0.15, 0.2) is 13.2 Å². The molecule has 2 aromatic rings. The van der Waals surface area contributed by atoms with Crippen LogP contribution in [0.25, 0.3) is 0 Å². The number of rotatable bonds is 6. The third-order valence-electron chi connectivity index (χ3n) is 2.72. The first-order chi connectivity index (χ1) is 11.6. The molecule has 0 radical (unpaired) electrons. The number of hydrogen-bond donors (Lipinski definition) is 1. The van der Waals surface area contributed by atoms with Crippen LogP contribution in [0.4, 0.5) is 0 Å². The highest BCUT2D eigenvalue weighted by molar-refractivity contribution is 7.12. The highest BCUT2D eigenvalue weighted by Gasteiger charge is 2.14. The van der Waals surface area contributed by atoms with E-state index in [4.69, 9.17) is 14.7 Å². The molecule has 1 heterocycles. The number of para-hydroxylation sites is 1. The van der Waals surface area contributed by atoms with Gasteiger partial charge < -0.3 is 9.47 Å². The van der Waals surface area contributed by atoms with Crippen LogP contribution in [-0.4, -0.2) is 31.0 Å². The maximum atomic E-state index is 11.6. The zero-order valence-corrected chi connectivity index (χ0v) is 13.2. The predicted octanol–water partition coefficient (Wildman–Crippen LogP) is 1.50. The van der Waals surface area contributed by atoms with Crippen molar-refractivity contribution in [1.29, 1.82) is 5.26 Å². The van der Waals surface area contributed by atoms with Crippen molar-refractivity contribution in [3.8, 4) is 11.8 Å². The van der Waals surface area contributed by atoms with Gasteiger partial charge in [-0.25, -0.2) is 4.79 Å². The van der Waals surface area contributed by atoms with E-state index < -0.39 is 31.0 Å². The summed E-state index contributed by atoms with van der Waals surface area (Å²) in [6.07, 6.45) is 0. The Balaban J connectivity index is 1.74. The summed E-state index contributed by atoms with van der Waals surface area (Å²) in [7, 11) is 0. The summed E-state index contributed by atoms with van der Waals surface area (Å²) >= 11 is 1.19. The molecule has 8 heteroatoms. The van der Waals surface area contributed by atoms with Gasteiger partial charge in [-0.3, -0.25) is 14.9 Å². The maximum absolute atomic E-state index is 11.6. The Kier molecular flexibility index (Phi) is 6.05. The third kappa shape index (κ3) is 4.93. The second-order valence-electron chi connectivity index (χ2n) is 4.41. The summed E-state index contributed by atoms with van der Waals surface area (Å²) in [4.78, 5) is 35.1. The van der Waals surface area contributed by atoms with Crippen molar-refractivity contribution in [1.82, 2.24) is 5.32 Å². The number of nitrogens with zero attached hydrogens (tertiary/aromatic N) is 1. The molecule has 0 unspecified atom stereocenters. The van der Waals surface area contributed by atoms with Gasteiger partial charge in [0.25, 0.3) is 11.8 Å². The Hall–Kier alpha value is -3.18. The van der Waals surface area contributed by atoms with E-state index in [2.05, 4.69) is 5.32 Å². The van der Waals surface area contributed by atoms with Gasteiger partial charge in [0.2, 0.25) is 0 Å². The highest BCUT2D eigenvalue weighted by atomic mass is 32.1. The summed E-state index contributed by atoms with van der Waals surface area (Å²) in [5, 5.41) is 12.7. The summed E-state index contributed by atoms with van der Waals surface area (Å²) in [5.74, 6) is -1.83. The Morgan fingerprint density at radius 3 is 2.62 bits per heavy atom. The number of imide groups is 1. The van der Waals surface area contributed by atoms with Crippen LogP contribution in [0.2, 0.25) is 0 Å². The number of nitriles is 1. The van der Waals surface area contributed by atoms with Crippen molar-refractivity contribution in [2.24, 2.45) is 0 Å². The number of hydrogen-bond acceptors (Lipinski definition) is 7. The van der Waals surface area contributed by atoms with Crippen LogP contribution in [0.15, 0.2) is 41.8 Å². The molecule has 0 aliphatic heterocycles. The minimum absolute atomic E-state index is 0.245. The number of carbonyl (C=O) groups is 3. The first-order valence-electron chi connectivity index (χ1n) is 6.75. The van der Waals surface area contributed by atoms with Gasteiger partial charge in [-0.05, 0) is 23.6 Å². The number of esters is 1. The molecule has 24 heavy (non-hydrogen) atoms. The standard InChI is InChI=1S/C16H12N2O5S/c17-8-11-4-1-2-5-12(11)22-10-15(20)23-9-14(19)18-16(21)13-6-3-7-24-13/h1-7H,9-10H2,(H,18,19,21). The quantitative estimate of drug-likeness (QED) is 0.796. The summed E-state index contributed by atoms with van der Waals surface area (Å²) in [5.41, 5.74) is 0.282. The fourth-order valence-corrected chi connectivity index (χ4v) is 2.26. The molecule has 0 atom stereocenters. The molecule has 0 fully saturated rings. The Labute approximate surface area is 141 Å². The van der Waals surface area contributed by atoms with Crippen molar-refractivity contribution >= 4 is 29.1 Å². The molecule has 1 N–H and O–H groups in total. The number of ether oxygens (including phenoxy) is 2. The second kappa shape index (κ2) is 8.45. The van der Waals surface area contributed by atoms with E-state index in [1.54, 1.807) is 35.7 Å². The van der Waals surface area contributed by atoms with Gasteiger partial charge >= 0.3 is 5.97 Å². The first kappa shape index (κ1) is 17.2. The fraction of sp³-hybridized carbons (Fsp3) is 0.125. The molecule has 0 spiro atoms. The topological polar surface area (TPSA) is 105 Å². The zero-order valence-electron chi connectivity index (χ0n) is 12.4. The number of amides is 2. The smallest absolute Gasteiger partial charge is 0.344 e. The SMILES string of the molecule is N#Cc1ccccc1OCC(=O)OCC(=O)NC(=O)c1cccs1. The van der Waals surface area contributed by atoms with Crippen molar-refractivity contribution in [3.05, 3.63) is 52.2 Å². The Morgan fingerprint density at radius 2 is 1.92 bits per heavy atom. The molecule has 0 aliphatic rings. The minimum Gasteiger partial charge on any atom is -0.481 e. The molecule has 2 amide bonds. The van der Waals surface area contributed by atoms with Gasteiger partial charge in [-0.1, -0.05) is 18.2 Å². The molecular formula is C16H12N2O5S. The van der Waals surface area contributed by atoms with Gasteiger partial charge in [0, 0.05) is 0 Å². The minimum atomic E-state index is -0.790. The predicted molar refractivity (Wildman–Crippen MR) is 84.4 cm³/mol. The number of thiophene rings is 1. The van der Waals surface area contributed by atoms with E-state index in [9.17, 15) is 14.4 Å². The van der Waals surface area contributed by atoms with E-state index >= 15 is 0 Å². The lowest BCUT2D eigenvalue weighted by Gasteiger charge is -2.08. The summed E-state index contributed by atoms with van der Waals surface area (Å²) in [6, 6.07) is 11.6. The normalized spacial score (nSPS) is 9.62. The van der Waals surface area contributed by atoms with Crippen LogP contribution in [-0.2, 0) is 14.3 Å².